The Labute approximate surface area is 99.8 Å². The van der Waals surface area contributed by atoms with Crippen molar-refractivity contribution in [2.45, 2.75) is 25.3 Å². The Balaban J connectivity index is 2.16. The Kier molecular flexibility index (Phi) is 3.19. The van der Waals surface area contributed by atoms with E-state index in [-0.39, 0.29) is 17.9 Å². The summed E-state index contributed by atoms with van der Waals surface area (Å²) in [5.41, 5.74) is 0. The molecule has 0 N–H and O–H groups in total. The van der Waals surface area contributed by atoms with Gasteiger partial charge in [-0.2, -0.15) is 0 Å². The summed E-state index contributed by atoms with van der Waals surface area (Å²) < 4.78 is 0. The van der Waals surface area contributed by atoms with Gasteiger partial charge in [0.15, 0.2) is 0 Å². The van der Waals surface area contributed by atoms with Crippen LogP contribution >= 0.6 is 11.6 Å². The second kappa shape index (κ2) is 4.45. The molecule has 0 aromatic rings. The molecule has 88 valence electrons. The summed E-state index contributed by atoms with van der Waals surface area (Å²) in [5, 5.41) is 0.437. The highest BCUT2D eigenvalue weighted by Gasteiger charge is 2.38. The van der Waals surface area contributed by atoms with Gasteiger partial charge in [0.05, 0.1) is 6.54 Å². The van der Waals surface area contributed by atoms with Crippen LogP contribution in [-0.2, 0) is 9.59 Å². The first-order valence-corrected chi connectivity index (χ1v) is 5.89. The van der Waals surface area contributed by atoms with Gasteiger partial charge in [-0.3, -0.25) is 9.59 Å². The second-order valence-electron chi connectivity index (χ2n) is 4.27. The fourth-order valence-electron chi connectivity index (χ4n) is 2.38. The van der Waals surface area contributed by atoms with E-state index >= 15 is 0 Å². The lowest BCUT2D eigenvalue weighted by Gasteiger charge is -2.24. The van der Waals surface area contributed by atoms with Gasteiger partial charge < -0.3 is 9.80 Å². The number of fused-ring (bicyclic) bond motifs is 1. The summed E-state index contributed by atoms with van der Waals surface area (Å²) in [6, 6.07) is -0.258. The van der Waals surface area contributed by atoms with Crippen LogP contribution < -0.4 is 0 Å². The molecule has 0 aromatic heterocycles. The van der Waals surface area contributed by atoms with Crippen molar-refractivity contribution >= 4 is 23.4 Å². The monoisotopic (exact) mass is 242 g/mol. The van der Waals surface area contributed by atoms with E-state index in [1.165, 1.54) is 0 Å². The number of amides is 2. The molecule has 0 aliphatic carbocycles. The van der Waals surface area contributed by atoms with Crippen molar-refractivity contribution in [3.8, 4) is 0 Å². The zero-order valence-electron chi connectivity index (χ0n) is 9.12. The van der Waals surface area contributed by atoms with Crippen LogP contribution in [0.5, 0.6) is 0 Å². The highest BCUT2D eigenvalue weighted by Crippen LogP contribution is 2.23. The Morgan fingerprint density at radius 3 is 2.88 bits per heavy atom. The zero-order valence-corrected chi connectivity index (χ0v) is 9.87. The molecule has 0 bridgehead atoms. The maximum Gasteiger partial charge on any atom is 0.245 e. The van der Waals surface area contributed by atoms with Crippen molar-refractivity contribution in [3.63, 3.8) is 0 Å². The SMILES string of the molecule is C=C(Cl)CN1CCC(=O)N2CCCC2C1=O. The molecule has 0 saturated carbocycles. The summed E-state index contributed by atoms with van der Waals surface area (Å²) in [5.74, 6) is 0.101. The quantitative estimate of drug-likeness (QED) is 0.724. The molecule has 16 heavy (non-hydrogen) atoms. The minimum absolute atomic E-state index is 0.0187. The molecule has 4 nitrogen and oxygen atoms in total. The van der Waals surface area contributed by atoms with E-state index in [0.717, 1.165) is 12.8 Å². The van der Waals surface area contributed by atoms with Crippen LogP contribution in [-0.4, -0.2) is 47.3 Å². The first-order chi connectivity index (χ1) is 7.59. The fraction of sp³-hybridized carbons (Fsp3) is 0.636. The molecule has 2 amide bonds. The highest BCUT2D eigenvalue weighted by molar-refractivity contribution is 6.29. The number of hydrogen-bond acceptors (Lipinski definition) is 2. The van der Waals surface area contributed by atoms with Crippen molar-refractivity contribution < 1.29 is 9.59 Å². The second-order valence-corrected chi connectivity index (χ2v) is 4.81. The number of halogens is 1. The largest absolute Gasteiger partial charge is 0.335 e. The van der Waals surface area contributed by atoms with Gasteiger partial charge in [-0.25, -0.2) is 0 Å². The third-order valence-electron chi connectivity index (χ3n) is 3.13. The smallest absolute Gasteiger partial charge is 0.245 e. The summed E-state index contributed by atoms with van der Waals surface area (Å²) in [7, 11) is 0. The average Bonchev–Trinajstić information content (AvgIpc) is 2.67. The van der Waals surface area contributed by atoms with E-state index in [1.54, 1.807) is 9.80 Å². The average molecular weight is 243 g/mol. The minimum atomic E-state index is -0.258. The molecule has 2 aliphatic heterocycles. The number of hydrogen-bond donors (Lipinski definition) is 0. The Morgan fingerprint density at radius 2 is 2.19 bits per heavy atom. The van der Waals surface area contributed by atoms with Crippen LogP contribution in [0.4, 0.5) is 0 Å². The molecular formula is C11H15ClN2O2. The molecule has 1 unspecified atom stereocenters. The van der Waals surface area contributed by atoms with Crippen molar-refractivity contribution in [1.29, 1.82) is 0 Å². The topological polar surface area (TPSA) is 40.6 Å². The van der Waals surface area contributed by atoms with Crippen LogP contribution in [0.25, 0.3) is 0 Å². The number of carbonyl (C=O) groups is 2. The summed E-state index contributed by atoms with van der Waals surface area (Å²) in [6.07, 6.45) is 2.08. The van der Waals surface area contributed by atoms with E-state index in [0.29, 0.717) is 31.1 Å². The Morgan fingerprint density at radius 1 is 1.44 bits per heavy atom. The molecule has 0 aromatic carbocycles. The molecule has 1 atom stereocenters. The van der Waals surface area contributed by atoms with E-state index < -0.39 is 0 Å². The predicted molar refractivity (Wildman–Crippen MR) is 60.9 cm³/mol. The zero-order chi connectivity index (χ0) is 11.7. The van der Waals surface area contributed by atoms with Crippen molar-refractivity contribution in [2.75, 3.05) is 19.6 Å². The number of rotatable bonds is 2. The van der Waals surface area contributed by atoms with E-state index in [2.05, 4.69) is 6.58 Å². The number of carbonyl (C=O) groups excluding carboxylic acids is 2. The van der Waals surface area contributed by atoms with Crippen molar-refractivity contribution in [2.24, 2.45) is 0 Å². The lowest BCUT2D eigenvalue weighted by Crippen LogP contribution is -2.43. The maximum atomic E-state index is 12.1. The van der Waals surface area contributed by atoms with E-state index in [9.17, 15) is 9.59 Å². The van der Waals surface area contributed by atoms with Crippen LogP contribution in [0.3, 0.4) is 0 Å². The van der Waals surface area contributed by atoms with Crippen molar-refractivity contribution in [1.82, 2.24) is 9.80 Å². The Hall–Kier alpha value is -1.03. The van der Waals surface area contributed by atoms with Gasteiger partial charge in [-0.05, 0) is 12.8 Å². The van der Waals surface area contributed by atoms with Gasteiger partial charge in [-0.15, -0.1) is 0 Å². The first-order valence-electron chi connectivity index (χ1n) is 5.51. The number of nitrogens with zero attached hydrogens (tertiary/aromatic N) is 2. The summed E-state index contributed by atoms with van der Waals surface area (Å²) >= 11 is 5.72. The maximum absolute atomic E-state index is 12.1. The van der Waals surface area contributed by atoms with Crippen LogP contribution in [0.1, 0.15) is 19.3 Å². The molecule has 0 radical (unpaired) electrons. The van der Waals surface area contributed by atoms with E-state index in [1.807, 2.05) is 0 Å². The molecule has 2 heterocycles. The Bertz CT molecular complexity index is 343. The normalized spacial score (nSPS) is 25.7. The van der Waals surface area contributed by atoms with Gasteiger partial charge in [-0.1, -0.05) is 18.2 Å². The molecule has 2 saturated heterocycles. The van der Waals surface area contributed by atoms with Gasteiger partial charge in [0.25, 0.3) is 0 Å². The lowest BCUT2D eigenvalue weighted by molar-refractivity contribution is -0.139. The molecule has 2 fully saturated rings. The molecule has 0 spiro atoms. The molecular weight excluding hydrogens is 228 g/mol. The summed E-state index contributed by atoms with van der Waals surface area (Å²) in [4.78, 5) is 27.3. The highest BCUT2D eigenvalue weighted by atomic mass is 35.5. The van der Waals surface area contributed by atoms with Gasteiger partial charge in [0.2, 0.25) is 11.8 Å². The molecule has 2 rings (SSSR count). The minimum Gasteiger partial charge on any atom is -0.335 e. The van der Waals surface area contributed by atoms with Crippen LogP contribution in [0.15, 0.2) is 11.6 Å². The fourth-order valence-corrected chi connectivity index (χ4v) is 2.53. The lowest BCUT2D eigenvalue weighted by atomic mass is 10.2. The van der Waals surface area contributed by atoms with Gasteiger partial charge in [0.1, 0.15) is 6.04 Å². The third kappa shape index (κ3) is 2.07. The van der Waals surface area contributed by atoms with Crippen LogP contribution in [0.2, 0.25) is 0 Å². The third-order valence-corrected chi connectivity index (χ3v) is 3.25. The first kappa shape index (κ1) is 11.5. The summed E-state index contributed by atoms with van der Waals surface area (Å²) in [6.45, 7) is 5.11. The molecule has 5 heteroatoms. The van der Waals surface area contributed by atoms with Gasteiger partial charge >= 0.3 is 0 Å². The predicted octanol–water partition coefficient (Wildman–Crippen LogP) is 0.962. The van der Waals surface area contributed by atoms with Gasteiger partial charge in [0, 0.05) is 24.5 Å². The van der Waals surface area contributed by atoms with Crippen molar-refractivity contribution in [3.05, 3.63) is 11.6 Å². The standard InChI is InChI=1S/C11H15ClN2O2/c1-8(12)7-13-6-4-10(15)14-5-2-3-9(14)11(13)16/h9H,1-7H2. The van der Waals surface area contributed by atoms with E-state index in [4.69, 9.17) is 11.6 Å². The molecule has 2 aliphatic rings. The van der Waals surface area contributed by atoms with Crippen LogP contribution in [0, 0.1) is 0 Å².